The zero-order valence-electron chi connectivity index (χ0n) is 16.8. The Bertz CT molecular complexity index is 736. The molecule has 0 amide bonds. The highest BCUT2D eigenvalue weighted by atomic mass is 127. The van der Waals surface area contributed by atoms with Crippen molar-refractivity contribution in [1.82, 2.24) is 25.3 Å². The Hall–Kier alpha value is -1.72. The first-order valence-electron chi connectivity index (χ1n) is 9.75. The lowest BCUT2D eigenvalue weighted by atomic mass is 10.0. The summed E-state index contributed by atoms with van der Waals surface area (Å²) in [6, 6.07) is 8.81. The van der Waals surface area contributed by atoms with Gasteiger partial charge < -0.3 is 15.4 Å². The van der Waals surface area contributed by atoms with E-state index in [1.54, 1.807) is 25.4 Å². The number of ether oxygens (including phenoxy) is 1. The highest BCUT2D eigenvalue weighted by Gasteiger charge is 2.23. The summed E-state index contributed by atoms with van der Waals surface area (Å²) in [7, 11) is 1.76. The minimum absolute atomic E-state index is 0. The summed E-state index contributed by atoms with van der Waals surface area (Å²) in [6.45, 7) is 5.36. The monoisotopic (exact) mass is 516 g/mol. The second-order valence-corrected chi connectivity index (χ2v) is 6.72. The predicted molar refractivity (Wildman–Crippen MR) is 123 cm³/mol. The van der Waals surface area contributed by atoms with E-state index in [1.165, 1.54) is 6.07 Å². The average Bonchev–Trinajstić information content (AvgIpc) is 3.24. The van der Waals surface area contributed by atoms with Crippen molar-refractivity contribution in [2.45, 2.75) is 19.0 Å². The summed E-state index contributed by atoms with van der Waals surface area (Å²) in [6.07, 6.45) is 4.68. The number of hydrogen-bond acceptors (Lipinski definition) is 4. The van der Waals surface area contributed by atoms with Crippen LogP contribution < -0.4 is 10.6 Å². The fraction of sp³-hybridized carbons (Fsp3) is 0.500. The topological polar surface area (TPSA) is 66.7 Å². The molecule has 1 fully saturated rings. The molecule has 7 nitrogen and oxygen atoms in total. The Labute approximate surface area is 188 Å². The van der Waals surface area contributed by atoms with Crippen LogP contribution in [-0.4, -0.2) is 67.1 Å². The normalized spacial score (nSPS) is 16.1. The van der Waals surface area contributed by atoms with E-state index in [0.29, 0.717) is 19.8 Å². The first-order valence-corrected chi connectivity index (χ1v) is 9.75. The van der Waals surface area contributed by atoms with Gasteiger partial charge in [-0.3, -0.25) is 14.6 Å². The number of hydrogen-bond donors (Lipinski definition) is 2. The SMILES string of the molecule is CN=C(NCCCn1cccn1)NCC(c1cccc(F)c1)N1CCOCC1.I. The van der Waals surface area contributed by atoms with Crippen molar-refractivity contribution >= 4 is 29.9 Å². The number of morpholine rings is 1. The molecule has 1 aromatic heterocycles. The van der Waals surface area contributed by atoms with Crippen LogP contribution in [0.5, 0.6) is 0 Å². The molecule has 2 aromatic rings. The molecule has 0 aliphatic carbocycles. The van der Waals surface area contributed by atoms with Crippen LogP contribution in [0.2, 0.25) is 0 Å². The van der Waals surface area contributed by atoms with E-state index in [4.69, 9.17) is 4.74 Å². The number of rotatable bonds is 8. The zero-order chi connectivity index (χ0) is 19.6. The molecule has 1 atom stereocenters. The molecule has 3 rings (SSSR count). The lowest BCUT2D eigenvalue weighted by molar-refractivity contribution is 0.0169. The van der Waals surface area contributed by atoms with Crippen LogP contribution in [-0.2, 0) is 11.3 Å². The lowest BCUT2D eigenvalue weighted by Gasteiger charge is -2.35. The third kappa shape index (κ3) is 7.56. The van der Waals surface area contributed by atoms with Gasteiger partial charge in [0.15, 0.2) is 5.96 Å². The summed E-state index contributed by atoms with van der Waals surface area (Å²) in [5.74, 6) is 0.534. The molecular formula is C20H30FIN6O. The minimum Gasteiger partial charge on any atom is -0.379 e. The van der Waals surface area contributed by atoms with Gasteiger partial charge in [0.2, 0.25) is 0 Å². The fourth-order valence-corrected chi connectivity index (χ4v) is 3.36. The summed E-state index contributed by atoms with van der Waals surface area (Å²) >= 11 is 0. The van der Waals surface area contributed by atoms with Crippen molar-refractivity contribution in [2.75, 3.05) is 46.4 Å². The molecule has 1 aliphatic heterocycles. The maximum atomic E-state index is 13.8. The Balaban J connectivity index is 0.00000300. The van der Waals surface area contributed by atoms with Crippen LogP contribution in [0, 0.1) is 5.82 Å². The molecule has 0 spiro atoms. The Kier molecular flexibility index (Phi) is 10.4. The highest BCUT2D eigenvalue weighted by molar-refractivity contribution is 14.0. The van der Waals surface area contributed by atoms with Crippen molar-refractivity contribution in [3.63, 3.8) is 0 Å². The van der Waals surface area contributed by atoms with E-state index in [9.17, 15) is 4.39 Å². The molecule has 0 radical (unpaired) electrons. The Morgan fingerprint density at radius 3 is 2.79 bits per heavy atom. The summed E-state index contributed by atoms with van der Waals surface area (Å²) < 4.78 is 21.2. The number of aromatic nitrogens is 2. The van der Waals surface area contributed by atoms with Gasteiger partial charge in [0.1, 0.15) is 5.82 Å². The van der Waals surface area contributed by atoms with Gasteiger partial charge in [-0.2, -0.15) is 5.10 Å². The van der Waals surface area contributed by atoms with Crippen molar-refractivity contribution in [2.24, 2.45) is 4.99 Å². The smallest absolute Gasteiger partial charge is 0.191 e. The largest absolute Gasteiger partial charge is 0.379 e. The number of nitrogens with zero attached hydrogens (tertiary/aromatic N) is 4. The molecule has 1 saturated heterocycles. The van der Waals surface area contributed by atoms with Gasteiger partial charge in [0.05, 0.1) is 19.3 Å². The molecule has 160 valence electrons. The molecule has 2 N–H and O–H groups in total. The Morgan fingerprint density at radius 1 is 1.28 bits per heavy atom. The molecule has 1 aliphatic rings. The van der Waals surface area contributed by atoms with Gasteiger partial charge in [-0.15, -0.1) is 24.0 Å². The lowest BCUT2D eigenvalue weighted by Crippen LogP contribution is -2.46. The first kappa shape index (κ1) is 23.6. The number of nitrogens with one attached hydrogen (secondary N) is 2. The van der Waals surface area contributed by atoms with E-state index >= 15 is 0 Å². The number of aliphatic imine (C=N–C) groups is 1. The zero-order valence-corrected chi connectivity index (χ0v) is 19.1. The van der Waals surface area contributed by atoms with E-state index in [2.05, 4.69) is 25.6 Å². The predicted octanol–water partition coefficient (Wildman–Crippen LogP) is 2.27. The van der Waals surface area contributed by atoms with Gasteiger partial charge in [0, 0.05) is 52.2 Å². The molecule has 0 bridgehead atoms. The van der Waals surface area contributed by atoms with Crippen LogP contribution in [0.15, 0.2) is 47.7 Å². The molecule has 1 aromatic carbocycles. The van der Waals surface area contributed by atoms with Gasteiger partial charge in [-0.25, -0.2) is 4.39 Å². The van der Waals surface area contributed by atoms with Crippen LogP contribution in [0.1, 0.15) is 18.0 Å². The number of guanidine groups is 1. The van der Waals surface area contributed by atoms with Crippen LogP contribution in [0.3, 0.4) is 0 Å². The maximum absolute atomic E-state index is 13.8. The van der Waals surface area contributed by atoms with Gasteiger partial charge in [-0.1, -0.05) is 12.1 Å². The van der Waals surface area contributed by atoms with Crippen molar-refractivity contribution in [3.05, 3.63) is 54.1 Å². The highest BCUT2D eigenvalue weighted by Crippen LogP contribution is 2.22. The van der Waals surface area contributed by atoms with E-state index in [0.717, 1.165) is 44.1 Å². The van der Waals surface area contributed by atoms with Crippen LogP contribution in [0.4, 0.5) is 4.39 Å². The van der Waals surface area contributed by atoms with E-state index in [1.807, 2.05) is 23.0 Å². The third-order valence-corrected chi connectivity index (χ3v) is 4.82. The second-order valence-electron chi connectivity index (χ2n) is 6.72. The Morgan fingerprint density at radius 2 is 2.10 bits per heavy atom. The molecule has 9 heteroatoms. The summed E-state index contributed by atoms with van der Waals surface area (Å²) in [5.41, 5.74) is 0.962. The van der Waals surface area contributed by atoms with Gasteiger partial charge in [0.25, 0.3) is 0 Å². The van der Waals surface area contributed by atoms with Crippen LogP contribution >= 0.6 is 24.0 Å². The molecular weight excluding hydrogens is 486 g/mol. The number of benzene rings is 1. The first-order chi connectivity index (χ1) is 13.8. The quantitative estimate of drug-likeness (QED) is 0.244. The fourth-order valence-electron chi connectivity index (χ4n) is 3.36. The molecule has 2 heterocycles. The molecule has 29 heavy (non-hydrogen) atoms. The molecule has 1 unspecified atom stereocenters. The van der Waals surface area contributed by atoms with Crippen molar-refractivity contribution in [3.8, 4) is 0 Å². The van der Waals surface area contributed by atoms with E-state index < -0.39 is 0 Å². The third-order valence-electron chi connectivity index (χ3n) is 4.82. The van der Waals surface area contributed by atoms with E-state index in [-0.39, 0.29) is 35.8 Å². The van der Waals surface area contributed by atoms with Crippen molar-refractivity contribution in [1.29, 1.82) is 0 Å². The molecule has 0 saturated carbocycles. The maximum Gasteiger partial charge on any atom is 0.191 e. The van der Waals surface area contributed by atoms with Gasteiger partial charge in [-0.05, 0) is 30.2 Å². The van der Waals surface area contributed by atoms with Gasteiger partial charge >= 0.3 is 0 Å². The standard InChI is InChI=1S/C20H29FN6O.HI/c1-22-20(23-7-3-9-27-10-4-8-25-27)24-16-19(26-11-13-28-14-12-26)17-5-2-6-18(21)15-17;/h2,4-6,8,10,15,19H,3,7,9,11-14,16H2,1H3,(H2,22,23,24);1H. The van der Waals surface area contributed by atoms with Crippen molar-refractivity contribution < 1.29 is 9.13 Å². The second kappa shape index (κ2) is 12.8. The summed E-state index contributed by atoms with van der Waals surface area (Å²) in [5, 5.41) is 10.9. The number of aryl methyl sites for hydroxylation is 1. The summed E-state index contributed by atoms with van der Waals surface area (Å²) in [4.78, 5) is 6.64. The van der Waals surface area contributed by atoms with Crippen LogP contribution in [0.25, 0.3) is 0 Å². The minimum atomic E-state index is -0.211. The number of halogens is 2. The average molecular weight is 516 g/mol.